The Morgan fingerprint density at radius 2 is 2.00 bits per heavy atom. The number of hydrogen-bond donors (Lipinski definition) is 1. The maximum absolute atomic E-state index is 6.16. The predicted octanol–water partition coefficient (Wildman–Crippen LogP) is 3.85. The fraction of sp³-hybridized carbons (Fsp3) is 1.00. The molecule has 1 aliphatic heterocycles. The Kier molecular flexibility index (Phi) is 5.30. The average Bonchev–Trinajstić information content (AvgIpc) is 3.12. The van der Waals surface area contributed by atoms with E-state index in [1.807, 2.05) is 0 Å². The van der Waals surface area contributed by atoms with Gasteiger partial charge in [0.05, 0.1) is 6.10 Å². The molecule has 1 saturated carbocycles. The highest BCUT2D eigenvalue weighted by Gasteiger charge is 2.50. The molecular weight excluding hydrogens is 234 g/mol. The highest BCUT2D eigenvalue weighted by atomic mass is 16.5. The van der Waals surface area contributed by atoms with Gasteiger partial charge in [0.25, 0.3) is 0 Å². The van der Waals surface area contributed by atoms with E-state index in [0.717, 1.165) is 37.5 Å². The molecule has 3 unspecified atom stereocenters. The Morgan fingerprint density at radius 3 is 2.58 bits per heavy atom. The lowest BCUT2D eigenvalue weighted by Gasteiger charge is -2.37. The minimum absolute atomic E-state index is 0.422. The highest BCUT2D eigenvalue weighted by Crippen LogP contribution is 2.50. The van der Waals surface area contributed by atoms with Gasteiger partial charge in [0.2, 0.25) is 0 Å². The molecule has 2 nitrogen and oxygen atoms in total. The summed E-state index contributed by atoms with van der Waals surface area (Å²) >= 11 is 0. The Morgan fingerprint density at radius 1 is 1.26 bits per heavy atom. The predicted molar refractivity (Wildman–Crippen MR) is 81.3 cm³/mol. The van der Waals surface area contributed by atoms with Crippen LogP contribution in [-0.4, -0.2) is 25.8 Å². The Labute approximate surface area is 119 Å². The number of ether oxygens (including phenoxy) is 1. The summed E-state index contributed by atoms with van der Waals surface area (Å²) < 4.78 is 6.16. The molecule has 2 rings (SSSR count). The quantitative estimate of drug-likeness (QED) is 0.721. The largest absolute Gasteiger partial charge is 0.377 e. The van der Waals surface area contributed by atoms with Crippen LogP contribution in [0, 0.1) is 23.2 Å². The molecule has 0 aromatic carbocycles. The molecule has 0 radical (unpaired) electrons. The van der Waals surface area contributed by atoms with Gasteiger partial charge in [0.15, 0.2) is 0 Å². The molecule has 1 heterocycles. The minimum Gasteiger partial charge on any atom is -0.377 e. The van der Waals surface area contributed by atoms with E-state index in [-0.39, 0.29) is 0 Å². The first-order valence-corrected chi connectivity index (χ1v) is 8.39. The Balaban J connectivity index is 1.98. The van der Waals surface area contributed by atoms with Crippen molar-refractivity contribution in [2.45, 2.75) is 65.9 Å². The molecule has 0 aromatic rings. The molecular formula is C17H33NO. The van der Waals surface area contributed by atoms with Crippen molar-refractivity contribution in [1.82, 2.24) is 5.32 Å². The van der Waals surface area contributed by atoms with Gasteiger partial charge < -0.3 is 10.1 Å². The van der Waals surface area contributed by atoms with Gasteiger partial charge in [0.1, 0.15) is 0 Å². The maximum atomic E-state index is 6.16. The third kappa shape index (κ3) is 3.95. The fourth-order valence-electron chi connectivity index (χ4n) is 3.67. The van der Waals surface area contributed by atoms with Crippen molar-refractivity contribution < 1.29 is 4.74 Å². The molecule has 0 spiro atoms. The van der Waals surface area contributed by atoms with Crippen molar-refractivity contribution in [3.8, 4) is 0 Å². The summed E-state index contributed by atoms with van der Waals surface area (Å²) in [5.41, 5.74) is 0.422. The van der Waals surface area contributed by atoms with Crippen molar-refractivity contribution >= 4 is 0 Å². The van der Waals surface area contributed by atoms with E-state index in [1.165, 1.54) is 32.1 Å². The fourth-order valence-corrected chi connectivity index (χ4v) is 3.67. The van der Waals surface area contributed by atoms with Crippen LogP contribution in [0.4, 0.5) is 0 Å². The van der Waals surface area contributed by atoms with Crippen LogP contribution in [0.3, 0.4) is 0 Å². The Bertz CT molecular complexity index is 274. The van der Waals surface area contributed by atoms with E-state index in [4.69, 9.17) is 4.74 Å². The monoisotopic (exact) mass is 267 g/mol. The van der Waals surface area contributed by atoms with Crippen LogP contribution in [-0.2, 0) is 4.74 Å². The van der Waals surface area contributed by atoms with Crippen molar-refractivity contribution in [2.75, 3.05) is 19.7 Å². The SMILES string of the molecule is CCC(C)CC1(CNCC(C)C)CCOC1C1CC1. The van der Waals surface area contributed by atoms with Crippen molar-refractivity contribution in [3.63, 3.8) is 0 Å². The molecule has 0 amide bonds. The summed E-state index contributed by atoms with van der Waals surface area (Å²) in [4.78, 5) is 0. The summed E-state index contributed by atoms with van der Waals surface area (Å²) in [5.74, 6) is 2.43. The van der Waals surface area contributed by atoms with Gasteiger partial charge in [0, 0.05) is 18.6 Å². The molecule has 2 heteroatoms. The third-order valence-electron chi connectivity index (χ3n) is 5.03. The lowest BCUT2D eigenvalue weighted by atomic mass is 9.72. The zero-order valence-corrected chi connectivity index (χ0v) is 13.4. The molecule has 2 fully saturated rings. The van der Waals surface area contributed by atoms with E-state index < -0.39 is 0 Å². The molecule has 1 N–H and O–H groups in total. The van der Waals surface area contributed by atoms with Crippen LogP contribution >= 0.6 is 0 Å². The first kappa shape index (κ1) is 15.3. The molecule has 2 aliphatic rings. The maximum Gasteiger partial charge on any atom is 0.0672 e. The first-order valence-electron chi connectivity index (χ1n) is 8.39. The minimum atomic E-state index is 0.422. The molecule has 1 aliphatic carbocycles. The topological polar surface area (TPSA) is 21.3 Å². The van der Waals surface area contributed by atoms with Gasteiger partial charge in [-0.25, -0.2) is 0 Å². The van der Waals surface area contributed by atoms with Gasteiger partial charge in [-0.15, -0.1) is 0 Å². The average molecular weight is 267 g/mol. The van der Waals surface area contributed by atoms with Crippen LogP contribution in [0.5, 0.6) is 0 Å². The van der Waals surface area contributed by atoms with Crippen LogP contribution in [0.2, 0.25) is 0 Å². The standard InChI is InChI=1S/C17H33NO/c1-5-14(4)10-17(12-18-11-13(2)3)8-9-19-16(17)15-6-7-15/h13-16,18H,5-12H2,1-4H3. The molecule has 0 aromatic heterocycles. The zero-order chi connectivity index (χ0) is 13.9. The Hall–Kier alpha value is -0.0800. The lowest BCUT2D eigenvalue weighted by Crippen LogP contribution is -2.43. The van der Waals surface area contributed by atoms with Gasteiger partial charge in [-0.3, -0.25) is 0 Å². The smallest absolute Gasteiger partial charge is 0.0672 e. The summed E-state index contributed by atoms with van der Waals surface area (Å²) in [6.07, 6.45) is 7.25. The van der Waals surface area contributed by atoms with Crippen molar-refractivity contribution in [3.05, 3.63) is 0 Å². The molecule has 1 saturated heterocycles. The van der Waals surface area contributed by atoms with E-state index in [0.29, 0.717) is 11.5 Å². The van der Waals surface area contributed by atoms with E-state index >= 15 is 0 Å². The molecule has 0 bridgehead atoms. The molecule has 3 atom stereocenters. The van der Waals surface area contributed by atoms with Crippen LogP contribution in [0.1, 0.15) is 59.8 Å². The van der Waals surface area contributed by atoms with Gasteiger partial charge in [-0.1, -0.05) is 34.1 Å². The first-order chi connectivity index (χ1) is 9.07. The van der Waals surface area contributed by atoms with E-state index in [1.54, 1.807) is 0 Å². The van der Waals surface area contributed by atoms with Gasteiger partial charge in [-0.05, 0) is 50.0 Å². The number of rotatable bonds is 8. The second kappa shape index (κ2) is 6.58. The van der Waals surface area contributed by atoms with Crippen LogP contribution in [0.15, 0.2) is 0 Å². The molecule has 112 valence electrons. The lowest BCUT2D eigenvalue weighted by molar-refractivity contribution is 0.0191. The second-order valence-corrected chi connectivity index (χ2v) is 7.48. The normalized spacial score (nSPS) is 33.0. The van der Waals surface area contributed by atoms with Gasteiger partial charge in [-0.2, -0.15) is 0 Å². The van der Waals surface area contributed by atoms with Crippen LogP contribution in [0.25, 0.3) is 0 Å². The summed E-state index contributed by atoms with van der Waals surface area (Å²) in [7, 11) is 0. The highest BCUT2D eigenvalue weighted by molar-refractivity contribution is 5.01. The van der Waals surface area contributed by atoms with Crippen LogP contribution < -0.4 is 5.32 Å². The van der Waals surface area contributed by atoms with Gasteiger partial charge >= 0.3 is 0 Å². The number of nitrogens with one attached hydrogen (secondary N) is 1. The molecule has 19 heavy (non-hydrogen) atoms. The number of hydrogen-bond acceptors (Lipinski definition) is 2. The zero-order valence-electron chi connectivity index (χ0n) is 13.4. The second-order valence-electron chi connectivity index (χ2n) is 7.48. The summed E-state index contributed by atoms with van der Waals surface area (Å²) in [5, 5.41) is 3.73. The van der Waals surface area contributed by atoms with Crippen molar-refractivity contribution in [2.24, 2.45) is 23.2 Å². The third-order valence-corrected chi connectivity index (χ3v) is 5.03. The van der Waals surface area contributed by atoms with E-state index in [2.05, 4.69) is 33.0 Å². The summed E-state index contributed by atoms with van der Waals surface area (Å²) in [6, 6.07) is 0. The van der Waals surface area contributed by atoms with E-state index in [9.17, 15) is 0 Å². The summed E-state index contributed by atoms with van der Waals surface area (Å²) in [6.45, 7) is 12.6. The van der Waals surface area contributed by atoms with Crippen molar-refractivity contribution in [1.29, 1.82) is 0 Å².